The molecule has 4 nitrogen and oxygen atoms in total. The Morgan fingerprint density at radius 2 is 1.85 bits per heavy atom. The Bertz CT molecular complexity index is 569. The van der Waals surface area contributed by atoms with Crippen LogP contribution >= 0.6 is 11.6 Å². The second-order valence-corrected chi connectivity index (χ2v) is 5.80. The zero-order valence-corrected chi connectivity index (χ0v) is 11.7. The molecular weight excluding hydrogens is 283 g/mol. The average molecular weight is 297 g/mol. The first-order valence-electron chi connectivity index (χ1n) is 6.45. The number of benzene rings is 1. The van der Waals surface area contributed by atoms with Crippen LogP contribution < -0.4 is 0 Å². The first-order chi connectivity index (χ1) is 9.47. The van der Waals surface area contributed by atoms with Crippen molar-refractivity contribution in [2.24, 2.45) is 11.8 Å². The monoisotopic (exact) mass is 296 g/mol. The summed E-state index contributed by atoms with van der Waals surface area (Å²) >= 11 is 5.75. The molecule has 0 aliphatic carbocycles. The Hall–Kier alpha value is -1.46. The summed E-state index contributed by atoms with van der Waals surface area (Å²) in [5.74, 6) is -1.10. The Labute approximate surface area is 121 Å². The zero-order valence-electron chi connectivity index (χ0n) is 11.0. The van der Waals surface area contributed by atoms with Crippen molar-refractivity contribution in [2.75, 3.05) is 20.1 Å². The molecule has 106 valence electrons. The summed E-state index contributed by atoms with van der Waals surface area (Å²) in [4.78, 5) is 27.1. The Balaban J connectivity index is 1.71. The van der Waals surface area contributed by atoms with E-state index in [4.69, 9.17) is 11.6 Å². The quantitative estimate of drug-likeness (QED) is 0.777. The van der Waals surface area contributed by atoms with Crippen molar-refractivity contribution in [3.8, 4) is 0 Å². The van der Waals surface area contributed by atoms with Crippen LogP contribution in [0.3, 0.4) is 0 Å². The Kier molecular flexibility index (Phi) is 3.26. The number of likely N-dealkylation sites (tertiary alicyclic amines) is 2. The van der Waals surface area contributed by atoms with Crippen molar-refractivity contribution in [3.63, 3.8) is 0 Å². The average Bonchev–Trinajstić information content (AvgIpc) is 2.91. The second kappa shape index (κ2) is 4.82. The number of fused-ring (bicyclic) bond motifs is 1. The molecule has 2 aliphatic rings. The minimum Gasteiger partial charge on any atom is -0.297 e. The molecule has 20 heavy (non-hydrogen) atoms. The van der Waals surface area contributed by atoms with Crippen LogP contribution in [0.1, 0.15) is 5.56 Å². The molecule has 2 atom stereocenters. The number of hydrogen-bond donors (Lipinski definition) is 0. The molecule has 2 aliphatic heterocycles. The van der Waals surface area contributed by atoms with E-state index in [-0.39, 0.29) is 28.7 Å². The number of halogens is 2. The van der Waals surface area contributed by atoms with Crippen molar-refractivity contribution in [2.45, 2.75) is 6.54 Å². The van der Waals surface area contributed by atoms with Gasteiger partial charge in [-0.1, -0.05) is 17.7 Å². The molecule has 0 spiro atoms. The first-order valence-corrected chi connectivity index (χ1v) is 6.83. The van der Waals surface area contributed by atoms with Crippen LogP contribution in [0, 0.1) is 17.7 Å². The van der Waals surface area contributed by atoms with Crippen molar-refractivity contribution in [1.82, 2.24) is 9.80 Å². The minimum atomic E-state index is -0.444. The van der Waals surface area contributed by atoms with Gasteiger partial charge in [-0.2, -0.15) is 0 Å². The Morgan fingerprint density at radius 1 is 1.25 bits per heavy atom. The molecule has 0 bridgehead atoms. The van der Waals surface area contributed by atoms with Gasteiger partial charge in [-0.15, -0.1) is 0 Å². The lowest BCUT2D eigenvalue weighted by atomic mass is 10.00. The van der Waals surface area contributed by atoms with Crippen molar-refractivity contribution >= 4 is 23.4 Å². The zero-order chi connectivity index (χ0) is 14.4. The smallest absolute Gasteiger partial charge is 0.234 e. The fourth-order valence-corrected chi connectivity index (χ4v) is 3.22. The summed E-state index contributed by atoms with van der Waals surface area (Å²) in [7, 11) is 1.53. The highest BCUT2D eigenvalue weighted by Crippen LogP contribution is 2.33. The normalized spacial score (nSPS) is 26.4. The molecular formula is C14H14ClFN2O2. The van der Waals surface area contributed by atoms with Gasteiger partial charge in [-0.25, -0.2) is 4.39 Å². The summed E-state index contributed by atoms with van der Waals surface area (Å²) in [6.45, 7) is 1.69. The lowest BCUT2D eigenvalue weighted by molar-refractivity contribution is -0.138. The molecule has 3 rings (SSSR count). The fourth-order valence-electron chi connectivity index (χ4n) is 3.02. The number of imide groups is 1. The minimum absolute atomic E-state index is 0.0915. The van der Waals surface area contributed by atoms with Crippen LogP contribution in [0.15, 0.2) is 18.2 Å². The lowest BCUT2D eigenvalue weighted by Gasteiger charge is -2.18. The van der Waals surface area contributed by atoms with Crippen LogP contribution in [0.2, 0.25) is 5.02 Å². The number of carbonyl (C=O) groups excluding carboxylic acids is 2. The van der Waals surface area contributed by atoms with Crippen LogP contribution in [-0.4, -0.2) is 41.8 Å². The van der Waals surface area contributed by atoms with Gasteiger partial charge < -0.3 is 0 Å². The third-order valence-corrected chi connectivity index (χ3v) is 4.37. The highest BCUT2D eigenvalue weighted by molar-refractivity contribution is 6.30. The number of nitrogens with zero attached hydrogens (tertiary/aromatic N) is 2. The van der Waals surface area contributed by atoms with E-state index < -0.39 is 5.82 Å². The van der Waals surface area contributed by atoms with Crippen molar-refractivity contribution in [3.05, 3.63) is 34.6 Å². The second-order valence-electron chi connectivity index (χ2n) is 5.39. The predicted octanol–water partition coefficient (Wildman–Crippen LogP) is 1.53. The summed E-state index contributed by atoms with van der Waals surface area (Å²) in [6, 6.07) is 4.59. The molecule has 0 unspecified atom stereocenters. The first kappa shape index (κ1) is 13.5. The topological polar surface area (TPSA) is 40.6 Å². The molecule has 0 N–H and O–H groups in total. The molecule has 0 radical (unpaired) electrons. The van der Waals surface area contributed by atoms with Gasteiger partial charge in [0.05, 0.1) is 16.9 Å². The summed E-state index contributed by atoms with van der Waals surface area (Å²) in [5, 5.41) is 0.0915. The van der Waals surface area contributed by atoms with Crippen LogP contribution in [0.4, 0.5) is 4.39 Å². The van der Waals surface area contributed by atoms with E-state index in [9.17, 15) is 14.0 Å². The van der Waals surface area contributed by atoms with Gasteiger partial charge in [0.2, 0.25) is 11.8 Å². The maximum absolute atomic E-state index is 13.1. The van der Waals surface area contributed by atoms with Gasteiger partial charge in [-0.05, 0) is 17.7 Å². The van der Waals surface area contributed by atoms with Gasteiger partial charge in [0.15, 0.2) is 0 Å². The van der Waals surface area contributed by atoms with E-state index in [1.54, 1.807) is 12.1 Å². The number of rotatable bonds is 2. The SMILES string of the molecule is CN1C(=O)[C@H]2CN(Cc3ccc(F)c(Cl)c3)C[C@H]2C1=O. The largest absolute Gasteiger partial charge is 0.297 e. The molecule has 1 aromatic carbocycles. The van der Waals surface area contributed by atoms with Gasteiger partial charge in [0.25, 0.3) is 0 Å². The molecule has 2 heterocycles. The van der Waals surface area contributed by atoms with Gasteiger partial charge in [0.1, 0.15) is 5.82 Å². The van der Waals surface area contributed by atoms with Gasteiger partial charge in [0, 0.05) is 26.7 Å². The summed E-state index contributed by atoms with van der Waals surface area (Å²) in [6.07, 6.45) is 0. The third-order valence-electron chi connectivity index (χ3n) is 4.08. The van der Waals surface area contributed by atoms with Crippen molar-refractivity contribution in [1.29, 1.82) is 0 Å². The maximum Gasteiger partial charge on any atom is 0.234 e. The standard InChI is InChI=1S/C14H14ClFN2O2/c1-17-13(19)9-6-18(7-10(9)14(17)20)5-8-2-3-12(16)11(15)4-8/h2-4,9-10H,5-7H2,1H3/t9-,10+. The van der Waals surface area contributed by atoms with E-state index in [0.29, 0.717) is 19.6 Å². The summed E-state index contributed by atoms with van der Waals surface area (Å²) < 4.78 is 13.1. The van der Waals surface area contributed by atoms with E-state index in [2.05, 4.69) is 0 Å². The van der Waals surface area contributed by atoms with E-state index >= 15 is 0 Å². The van der Waals surface area contributed by atoms with E-state index in [1.807, 2.05) is 4.90 Å². The summed E-state index contributed by atoms with van der Waals surface area (Å²) in [5.41, 5.74) is 0.879. The maximum atomic E-state index is 13.1. The van der Waals surface area contributed by atoms with Crippen LogP contribution in [0.5, 0.6) is 0 Å². The molecule has 0 aromatic heterocycles. The Morgan fingerprint density at radius 3 is 2.40 bits per heavy atom. The number of hydrogen-bond acceptors (Lipinski definition) is 3. The highest BCUT2D eigenvalue weighted by atomic mass is 35.5. The molecule has 6 heteroatoms. The van der Waals surface area contributed by atoms with E-state index in [1.165, 1.54) is 18.0 Å². The number of carbonyl (C=O) groups is 2. The molecule has 0 saturated carbocycles. The highest BCUT2D eigenvalue weighted by Gasteiger charge is 2.50. The van der Waals surface area contributed by atoms with E-state index in [0.717, 1.165) is 5.56 Å². The molecule has 2 fully saturated rings. The number of amides is 2. The lowest BCUT2D eigenvalue weighted by Crippen LogP contribution is -2.32. The van der Waals surface area contributed by atoms with Crippen molar-refractivity contribution < 1.29 is 14.0 Å². The fraction of sp³-hybridized carbons (Fsp3) is 0.429. The van der Waals surface area contributed by atoms with Crippen LogP contribution in [-0.2, 0) is 16.1 Å². The van der Waals surface area contributed by atoms with Gasteiger partial charge >= 0.3 is 0 Å². The molecule has 2 saturated heterocycles. The molecule has 2 amide bonds. The van der Waals surface area contributed by atoms with Crippen LogP contribution in [0.25, 0.3) is 0 Å². The van der Waals surface area contributed by atoms with Gasteiger partial charge in [-0.3, -0.25) is 19.4 Å². The molecule has 1 aromatic rings. The predicted molar refractivity (Wildman–Crippen MR) is 71.4 cm³/mol. The third kappa shape index (κ3) is 2.11.